The molecule has 0 unspecified atom stereocenters. The van der Waals surface area contributed by atoms with Crippen molar-refractivity contribution in [1.82, 2.24) is 5.01 Å². The molecule has 106 valence electrons. The summed E-state index contributed by atoms with van der Waals surface area (Å²) in [5, 5.41) is 5.23. The molecule has 0 spiro atoms. The topological polar surface area (TPSA) is 49.7 Å². The van der Waals surface area contributed by atoms with Gasteiger partial charge in [0.1, 0.15) is 0 Å². The normalized spacial score (nSPS) is 33.5. The standard InChI is InChI=1S/C16H13IN2O2/c17-12-5-1-9(2-6-12)8-18-19-15(20)13-10-3-4-11(7-10)14(13)16(19)21/h1-6,8,10-11,13-14H,7H2/b18-8-/t10-,11-,13-,14+/m0/s1. The summed E-state index contributed by atoms with van der Waals surface area (Å²) in [6.07, 6.45) is 6.70. The highest BCUT2D eigenvalue weighted by Crippen LogP contribution is 2.52. The van der Waals surface area contributed by atoms with E-state index in [4.69, 9.17) is 0 Å². The molecule has 2 aliphatic carbocycles. The monoisotopic (exact) mass is 392 g/mol. The quantitative estimate of drug-likeness (QED) is 0.336. The summed E-state index contributed by atoms with van der Waals surface area (Å²) in [5.41, 5.74) is 0.883. The fraction of sp³-hybridized carbons (Fsp3) is 0.312. The van der Waals surface area contributed by atoms with Crippen molar-refractivity contribution in [3.8, 4) is 0 Å². The molecule has 3 aliphatic rings. The number of carbonyl (C=O) groups is 2. The van der Waals surface area contributed by atoms with Crippen LogP contribution in [0.15, 0.2) is 41.5 Å². The van der Waals surface area contributed by atoms with Crippen LogP contribution in [0.2, 0.25) is 0 Å². The Morgan fingerprint density at radius 1 is 1.05 bits per heavy atom. The van der Waals surface area contributed by atoms with Gasteiger partial charge in [0.25, 0.3) is 11.8 Å². The number of hydrogen-bond donors (Lipinski definition) is 0. The Morgan fingerprint density at radius 2 is 1.62 bits per heavy atom. The van der Waals surface area contributed by atoms with E-state index in [1.807, 2.05) is 24.3 Å². The molecule has 21 heavy (non-hydrogen) atoms. The summed E-state index contributed by atoms with van der Waals surface area (Å²) in [6, 6.07) is 7.77. The number of amides is 2. The zero-order valence-electron chi connectivity index (χ0n) is 11.1. The predicted molar refractivity (Wildman–Crippen MR) is 86.3 cm³/mol. The van der Waals surface area contributed by atoms with Gasteiger partial charge in [0.2, 0.25) is 0 Å². The van der Waals surface area contributed by atoms with Crippen LogP contribution in [0.3, 0.4) is 0 Å². The summed E-state index contributed by atoms with van der Waals surface area (Å²) in [5.74, 6) is -0.167. The average molecular weight is 392 g/mol. The van der Waals surface area contributed by atoms with E-state index >= 15 is 0 Å². The van der Waals surface area contributed by atoms with Crippen LogP contribution in [-0.2, 0) is 9.59 Å². The summed E-state index contributed by atoms with van der Waals surface area (Å²) in [4.78, 5) is 24.8. The lowest BCUT2D eigenvalue weighted by Crippen LogP contribution is -2.28. The van der Waals surface area contributed by atoms with E-state index in [2.05, 4.69) is 39.8 Å². The first-order chi connectivity index (χ1) is 10.1. The van der Waals surface area contributed by atoms with Gasteiger partial charge in [-0.05, 0) is 58.5 Å². The number of nitrogens with zero attached hydrogens (tertiary/aromatic N) is 2. The maximum atomic E-state index is 12.4. The van der Waals surface area contributed by atoms with Gasteiger partial charge in [0.15, 0.2) is 0 Å². The van der Waals surface area contributed by atoms with Crippen molar-refractivity contribution in [2.24, 2.45) is 28.8 Å². The Hall–Kier alpha value is -1.50. The van der Waals surface area contributed by atoms with Gasteiger partial charge in [-0.25, -0.2) is 0 Å². The number of benzene rings is 1. The molecule has 2 bridgehead atoms. The summed E-state index contributed by atoms with van der Waals surface area (Å²) in [7, 11) is 0. The van der Waals surface area contributed by atoms with Gasteiger partial charge >= 0.3 is 0 Å². The van der Waals surface area contributed by atoms with Gasteiger partial charge in [-0.1, -0.05) is 24.3 Å². The molecule has 0 aromatic heterocycles. The Kier molecular flexibility index (Phi) is 2.99. The highest BCUT2D eigenvalue weighted by atomic mass is 127. The number of hydrazone groups is 1. The van der Waals surface area contributed by atoms with E-state index in [0.29, 0.717) is 0 Å². The van der Waals surface area contributed by atoms with Gasteiger partial charge in [-0.2, -0.15) is 10.1 Å². The first-order valence-electron chi connectivity index (χ1n) is 7.01. The summed E-state index contributed by atoms with van der Waals surface area (Å²) in [6.45, 7) is 0. The SMILES string of the molecule is O=C1[C@@H]2[C@H](C(=O)N1/N=C\c1ccc(I)cc1)[C@H]1C=C[C@H]2C1. The molecule has 1 saturated carbocycles. The lowest BCUT2D eigenvalue weighted by atomic mass is 9.85. The molecule has 1 aromatic rings. The molecule has 1 saturated heterocycles. The second kappa shape index (κ2) is 4.76. The zero-order valence-corrected chi connectivity index (χ0v) is 13.3. The molecule has 5 heteroatoms. The van der Waals surface area contributed by atoms with Crippen LogP contribution in [0.1, 0.15) is 12.0 Å². The van der Waals surface area contributed by atoms with Crippen molar-refractivity contribution in [1.29, 1.82) is 0 Å². The van der Waals surface area contributed by atoms with Gasteiger partial charge in [0, 0.05) is 3.57 Å². The molecule has 0 radical (unpaired) electrons. The van der Waals surface area contributed by atoms with Gasteiger partial charge in [-0.3, -0.25) is 9.59 Å². The summed E-state index contributed by atoms with van der Waals surface area (Å²) >= 11 is 2.23. The molecule has 4 nitrogen and oxygen atoms in total. The van der Waals surface area contributed by atoms with Crippen molar-refractivity contribution in [3.05, 3.63) is 45.6 Å². The number of rotatable bonds is 2. The minimum atomic E-state index is -0.179. The highest BCUT2D eigenvalue weighted by Gasteiger charge is 2.59. The van der Waals surface area contributed by atoms with Crippen LogP contribution in [0.5, 0.6) is 0 Å². The van der Waals surface area contributed by atoms with Gasteiger partial charge in [0.05, 0.1) is 18.1 Å². The van der Waals surface area contributed by atoms with Crippen molar-refractivity contribution < 1.29 is 9.59 Å². The Balaban J connectivity index is 1.58. The third-order valence-electron chi connectivity index (χ3n) is 4.64. The second-order valence-electron chi connectivity index (χ2n) is 5.78. The highest BCUT2D eigenvalue weighted by molar-refractivity contribution is 14.1. The zero-order chi connectivity index (χ0) is 14.6. The maximum Gasteiger partial charge on any atom is 0.254 e. The van der Waals surface area contributed by atoms with Gasteiger partial charge in [-0.15, -0.1) is 0 Å². The number of halogens is 1. The fourth-order valence-corrected chi connectivity index (χ4v) is 4.03. The lowest BCUT2D eigenvalue weighted by Gasteiger charge is -2.13. The smallest absolute Gasteiger partial charge is 0.254 e. The maximum absolute atomic E-state index is 12.4. The number of carbonyl (C=O) groups excluding carboxylic acids is 2. The Morgan fingerprint density at radius 3 is 2.19 bits per heavy atom. The van der Waals surface area contributed by atoms with Crippen LogP contribution in [0.25, 0.3) is 0 Å². The summed E-state index contributed by atoms with van der Waals surface area (Å²) < 4.78 is 1.13. The minimum absolute atomic E-state index is 0.136. The Bertz CT molecular complexity index is 650. The average Bonchev–Trinajstić information content (AvgIpc) is 3.14. The molecule has 1 aromatic carbocycles. The van der Waals surface area contributed by atoms with E-state index in [9.17, 15) is 9.59 Å². The number of imide groups is 1. The molecule has 4 atom stereocenters. The molecule has 2 fully saturated rings. The molecule has 1 aliphatic heterocycles. The van der Waals surface area contributed by atoms with E-state index < -0.39 is 0 Å². The molecule has 4 rings (SSSR count). The van der Waals surface area contributed by atoms with Crippen LogP contribution < -0.4 is 0 Å². The van der Waals surface area contributed by atoms with E-state index in [1.165, 1.54) is 0 Å². The third kappa shape index (κ3) is 1.97. The molecule has 2 amide bonds. The second-order valence-corrected chi connectivity index (χ2v) is 7.03. The van der Waals surface area contributed by atoms with Gasteiger partial charge < -0.3 is 0 Å². The predicted octanol–water partition coefficient (Wildman–Crippen LogP) is 2.43. The molecular weight excluding hydrogens is 379 g/mol. The number of allylic oxidation sites excluding steroid dienone is 2. The van der Waals surface area contributed by atoms with E-state index in [0.717, 1.165) is 20.6 Å². The van der Waals surface area contributed by atoms with E-state index in [1.54, 1.807) is 6.21 Å². The van der Waals surface area contributed by atoms with Crippen LogP contribution >= 0.6 is 22.6 Å². The molecule has 1 heterocycles. The minimum Gasteiger partial charge on any atom is -0.272 e. The van der Waals surface area contributed by atoms with Crippen molar-refractivity contribution in [2.75, 3.05) is 0 Å². The third-order valence-corrected chi connectivity index (χ3v) is 5.36. The fourth-order valence-electron chi connectivity index (χ4n) is 3.67. The lowest BCUT2D eigenvalue weighted by molar-refractivity contribution is -0.140. The van der Waals surface area contributed by atoms with E-state index in [-0.39, 0.29) is 35.5 Å². The molecular formula is C16H13IN2O2. The molecule has 0 N–H and O–H groups in total. The van der Waals surface area contributed by atoms with Crippen LogP contribution in [-0.4, -0.2) is 23.0 Å². The number of fused-ring (bicyclic) bond motifs is 5. The first-order valence-corrected chi connectivity index (χ1v) is 8.09. The first kappa shape index (κ1) is 13.2. The van der Waals surface area contributed by atoms with Crippen molar-refractivity contribution >= 4 is 40.6 Å². The largest absolute Gasteiger partial charge is 0.272 e. The van der Waals surface area contributed by atoms with Crippen LogP contribution in [0, 0.1) is 27.2 Å². The van der Waals surface area contributed by atoms with Crippen LogP contribution in [0.4, 0.5) is 0 Å². The van der Waals surface area contributed by atoms with Crippen molar-refractivity contribution in [3.63, 3.8) is 0 Å². The number of hydrogen-bond acceptors (Lipinski definition) is 3. The van der Waals surface area contributed by atoms with Crippen molar-refractivity contribution in [2.45, 2.75) is 6.42 Å². The Labute approximate surface area is 136 Å².